The minimum absolute atomic E-state index is 0.359. The third kappa shape index (κ3) is 5.57. The number of unbranched alkanes of at least 4 members (excludes halogenated alkanes) is 1. The number of thioether (sulfide) groups is 1. The second kappa shape index (κ2) is 7.45. The van der Waals surface area contributed by atoms with E-state index in [1.807, 2.05) is 19.3 Å². The van der Waals surface area contributed by atoms with Crippen LogP contribution in [0.1, 0.15) is 31.7 Å². The van der Waals surface area contributed by atoms with E-state index < -0.39 is 5.54 Å². The van der Waals surface area contributed by atoms with Gasteiger partial charge < -0.3 is 10.5 Å². The van der Waals surface area contributed by atoms with Gasteiger partial charge in [-0.15, -0.1) is 0 Å². The molecule has 5 nitrogen and oxygen atoms in total. The molecule has 0 fully saturated rings. The summed E-state index contributed by atoms with van der Waals surface area (Å²) in [6, 6.07) is 0. The third-order valence-electron chi connectivity index (χ3n) is 2.73. The molecule has 0 saturated carbocycles. The summed E-state index contributed by atoms with van der Waals surface area (Å²) in [6.45, 7) is 3.67. The molecule has 1 rings (SSSR count). The van der Waals surface area contributed by atoms with Crippen molar-refractivity contribution in [2.24, 2.45) is 5.73 Å². The minimum Gasteiger partial charge on any atom is -0.468 e. The van der Waals surface area contributed by atoms with Gasteiger partial charge in [0, 0.05) is 18.1 Å². The van der Waals surface area contributed by atoms with E-state index in [9.17, 15) is 4.79 Å². The zero-order valence-electron chi connectivity index (χ0n) is 11.7. The summed E-state index contributed by atoms with van der Waals surface area (Å²) in [4.78, 5) is 19.8. The molecular formula is C13H21N3O2S. The second-order valence-corrected chi connectivity index (χ2v) is 5.82. The van der Waals surface area contributed by atoms with Gasteiger partial charge in [0.1, 0.15) is 5.54 Å². The molecule has 0 aliphatic rings. The van der Waals surface area contributed by atoms with Crippen molar-refractivity contribution in [2.75, 3.05) is 12.9 Å². The van der Waals surface area contributed by atoms with Crippen molar-refractivity contribution in [1.29, 1.82) is 0 Å². The van der Waals surface area contributed by atoms with Gasteiger partial charge in [-0.2, -0.15) is 0 Å². The van der Waals surface area contributed by atoms with Crippen LogP contribution in [-0.4, -0.2) is 34.3 Å². The first kappa shape index (κ1) is 15.9. The van der Waals surface area contributed by atoms with Gasteiger partial charge in [0.05, 0.1) is 7.11 Å². The number of hydrogen-bond donors (Lipinski definition) is 1. The molecule has 0 spiro atoms. The molecule has 0 amide bonds. The lowest BCUT2D eigenvalue weighted by atomic mass is 9.97. The summed E-state index contributed by atoms with van der Waals surface area (Å²) in [5.41, 5.74) is 6.04. The average molecular weight is 283 g/mol. The lowest BCUT2D eigenvalue weighted by Crippen LogP contribution is -2.45. The van der Waals surface area contributed by atoms with Crippen molar-refractivity contribution in [3.05, 3.63) is 18.0 Å². The Morgan fingerprint density at radius 3 is 2.63 bits per heavy atom. The summed E-state index contributed by atoms with van der Waals surface area (Å²) in [6.07, 6.45) is 6.08. The molecule has 1 atom stereocenters. The Morgan fingerprint density at radius 2 is 2.05 bits per heavy atom. The summed E-state index contributed by atoms with van der Waals surface area (Å²) >= 11 is 1.61. The van der Waals surface area contributed by atoms with Gasteiger partial charge in [-0.1, -0.05) is 18.2 Å². The molecule has 0 bridgehead atoms. The quantitative estimate of drug-likeness (QED) is 0.356. The standard InChI is InChI=1S/C13H21N3O2S/c1-10-8-15-12(16-9-10)19-7-5-4-6-13(2,14)11(17)18-3/h8-9H,4-7,14H2,1-3H3. The predicted octanol–water partition coefficient (Wildman–Crippen LogP) is 1.94. The van der Waals surface area contributed by atoms with Crippen LogP contribution in [0.2, 0.25) is 0 Å². The van der Waals surface area contributed by atoms with Gasteiger partial charge in [-0.25, -0.2) is 9.97 Å². The number of ether oxygens (including phenoxy) is 1. The highest BCUT2D eigenvalue weighted by molar-refractivity contribution is 7.99. The zero-order chi connectivity index (χ0) is 14.3. The third-order valence-corrected chi connectivity index (χ3v) is 3.69. The highest BCUT2D eigenvalue weighted by Crippen LogP contribution is 2.17. The van der Waals surface area contributed by atoms with E-state index in [0.717, 1.165) is 29.3 Å². The Morgan fingerprint density at radius 1 is 1.42 bits per heavy atom. The molecule has 6 heteroatoms. The predicted molar refractivity (Wildman–Crippen MR) is 76.0 cm³/mol. The molecule has 19 heavy (non-hydrogen) atoms. The molecule has 1 unspecified atom stereocenters. The number of methoxy groups -OCH3 is 1. The number of aryl methyl sites for hydroxylation is 1. The molecule has 106 valence electrons. The molecule has 0 radical (unpaired) electrons. The SMILES string of the molecule is COC(=O)C(C)(N)CCCCSc1ncc(C)cn1. The van der Waals surface area contributed by atoms with Crippen molar-refractivity contribution in [3.8, 4) is 0 Å². The smallest absolute Gasteiger partial charge is 0.325 e. The van der Waals surface area contributed by atoms with E-state index >= 15 is 0 Å². The molecule has 2 N–H and O–H groups in total. The Labute approximate surface area is 118 Å². The molecule has 1 aromatic rings. The van der Waals surface area contributed by atoms with Crippen LogP contribution in [0.3, 0.4) is 0 Å². The molecule has 0 saturated heterocycles. The zero-order valence-corrected chi connectivity index (χ0v) is 12.5. The minimum atomic E-state index is -0.889. The number of carbonyl (C=O) groups is 1. The highest BCUT2D eigenvalue weighted by Gasteiger charge is 2.28. The number of aromatic nitrogens is 2. The summed E-state index contributed by atoms with van der Waals surface area (Å²) < 4.78 is 4.66. The number of nitrogens with zero attached hydrogens (tertiary/aromatic N) is 2. The van der Waals surface area contributed by atoms with Crippen molar-refractivity contribution < 1.29 is 9.53 Å². The highest BCUT2D eigenvalue weighted by atomic mass is 32.2. The fraction of sp³-hybridized carbons (Fsp3) is 0.615. The van der Waals surface area contributed by atoms with Crippen molar-refractivity contribution in [2.45, 2.75) is 43.8 Å². The number of hydrogen-bond acceptors (Lipinski definition) is 6. The number of carbonyl (C=O) groups excluding carboxylic acids is 1. The second-order valence-electron chi connectivity index (χ2n) is 4.76. The van der Waals surface area contributed by atoms with Crippen LogP contribution in [0, 0.1) is 6.92 Å². The summed E-state index contributed by atoms with van der Waals surface area (Å²) in [5, 5.41) is 0.786. The molecule has 0 aliphatic heterocycles. The molecule has 1 heterocycles. The molecule has 0 aromatic carbocycles. The monoisotopic (exact) mass is 283 g/mol. The fourth-order valence-corrected chi connectivity index (χ4v) is 2.33. The van der Waals surface area contributed by atoms with E-state index in [4.69, 9.17) is 5.73 Å². The van der Waals surface area contributed by atoms with Crippen LogP contribution < -0.4 is 5.73 Å². The van der Waals surface area contributed by atoms with Crippen LogP contribution in [0.4, 0.5) is 0 Å². The van der Waals surface area contributed by atoms with Crippen molar-refractivity contribution in [3.63, 3.8) is 0 Å². The van der Waals surface area contributed by atoms with Crippen LogP contribution in [0.15, 0.2) is 17.6 Å². The van der Waals surface area contributed by atoms with Gasteiger partial charge in [-0.05, 0) is 32.3 Å². The summed E-state index contributed by atoms with van der Waals surface area (Å²) in [7, 11) is 1.36. The van der Waals surface area contributed by atoms with E-state index in [-0.39, 0.29) is 5.97 Å². The molecule has 0 aliphatic carbocycles. The van der Waals surface area contributed by atoms with Gasteiger partial charge in [0.25, 0.3) is 0 Å². The van der Waals surface area contributed by atoms with Crippen molar-refractivity contribution in [1.82, 2.24) is 9.97 Å². The number of esters is 1. The maximum Gasteiger partial charge on any atom is 0.325 e. The first-order chi connectivity index (χ1) is 8.95. The summed E-state index contributed by atoms with van der Waals surface area (Å²) in [5.74, 6) is 0.558. The number of nitrogens with two attached hydrogens (primary N) is 1. The largest absolute Gasteiger partial charge is 0.468 e. The maximum atomic E-state index is 11.4. The fourth-order valence-electron chi connectivity index (χ4n) is 1.55. The van der Waals surface area contributed by atoms with Gasteiger partial charge in [0.2, 0.25) is 0 Å². The lowest BCUT2D eigenvalue weighted by molar-refractivity contribution is -0.146. The lowest BCUT2D eigenvalue weighted by Gasteiger charge is -2.20. The topological polar surface area (TPSA) is 78.1 Å². The van der Waals surface area contributed by atoms with Gasteiger partial charge in [-0.3, -0.25) is 4.79 Å². The van der Waals surface area contributed by atoms with Gasteiger partial charge >= 0.3 is 5.97 Å². The first-order valence-electron chi connectivity index (χ1n) is 6.24. The Hall–Kier alpha value is -1.14. The van der Waals surface area contributed by atoms with E-state index in [2.05, 4.69) is 14.7 Å². The number of rotatable bonds is 7. The van der Waals surface area contributed by atoms with E-state index in [0.29, 0.717) is 6.42 Å². The first-order valence-corrected chi connectivity index (χ1v) is 7.23. The van der Waals surface area contributed by atoms with E-state index in [1.54, 1.807) is 18.7 Å². The van der Waals surface area contributed by atoms with E-state index in [1.165, 1.54) is 7.11 Å². The molecular weight excluding hydrogens is 262 g/mol. The molecule has 1 aromatic heterocycles. The Balaban J connectivity index is 2.21. The van der Waals surface area contributed by atoms with Crippen molar-refractivity contribution >= 4 is 17.7 Å². The van der Waals surface area contributed by atoms with Gasteiger partial charge in [0.15, 0.2) is 5.16 Å². The van der Waals surface area contributed by atoms with Crippen LogP contribution >= 0.6 is 11.8 Å². The average Bonchev–Trinajstić information content (AvgIpc) is 2.39. The van der Waals surface area contributed by atoms with Crippen LogP contribution in [-0.2, 0) is 9.53 Å². The maximum absolute atomic E-state index is 11.4. The van der Waals surface area contributed by atoms with Crippen LogP contribution in [0.5, 0.6) is 0 Å². The normalized spacial score (nSPS) is 13.9. The Bertz CT molecular complexity index is 407. The Kier molecular flexibility index (Phi) is 6.24. The van der Waals surface area contributed by atoms with Crippen LogP contribution in [0.25, 0.3) is 0 Å².